The molecule has 0 atom stereocenters. The van der Waals surface area contributed by atoms with Crippen LogP contribution in [-0.4, -0.2) is 20.3 Å². The van der Waals surface area contributed by atoms with Crippen molar-refractivity contribution in [2.75, 3.05) is 20.3 Å². The molecule has 1 aromatic rings. The van der Waals surface area contributed by atoms with E-state index < -0.39 is 0 Å². The molecule has 0 aliphatic carbocycles. The number of rotatable bonds is 18. The van der Waals surface area contributed by atoms with Gasteiger partial charge in [0.15, 0.2) is 0 Å². The minimum Gasteiger partial charge on any atom is -0.493 e. The van der Waals surface area contributed by atoms with E-state index in [9.17, 15) is 0 Å². The van der Waals surface area contributed by atoms with Crippen LogP contribution in [0.25, 0.3) is 0 Å². The van der Waals surface area contributed by atoms with Crippen molar-refractivity contribution in [3.05, 3.63) is 23.8 Å². The summed E-state index contributed by atoms with van der Waals surface area (Å²) >= 11 is 0. The second-order valence-electron chi connectivity index (χ2n) is 7.53. The average Bonchev–Trinajstić information content (AvgIpc) is 2.68. The van der Waals surface area contributed by atoms with E-state index in [2.05, 4.69) is 37.4 Å². The quantitative estimate of drug-likeness (QED) is 0.283. The van der Waals surface area contributed by atoms with Gasteiger partial charge in [0.25, 0.3) is 0 Å². The molecule has 0 bridgehead atoms. The monoisotopic (exact) mass is 377 g/mol. The first-order chi connectivity index (χ1) is 13.3. The third-order valence-corrected chi connectivity index (χ3v) is 4.93. The van der Waals surface area contributed by atoms with Crippen LogP contribution in [0.3, 0.4) is 0 Å². The number of benzene rings is 1. The van der Waals surface area contributed by atoms with Gasteiger partial charge in [0.05, 0.1) is 13.2 Å². The molecule has 1 N–H and O–H groups in total. The topological polar surface area (TPSA) is 30.5 Å². The third kappa shape index (κ3) is 12.0. The molecule has 0 unspecified atom stereocenters. The summed E-state index contributed by atoms with van der Waals surface area (Å²) < 4.78 is 12.0. The predicted octanol–water partition coefficient (Wildman–Crippen LogP) is 6.88. The van der Waals surface area contributed by atoms with Gasteiger partial charge in [-0.2, -0.15) is 0 Å². The van der Waals surface area contributed by atoms with Crippen LogP contribution < -0.4 is 14.8 Å². The lowest BCUT2D eigenvalue weighted by Crippen LogP contribution is -2.08. The molecule has 0 radical (unpaired) electrons. The second-order valence-corrected chi connectivity index (χ2v) is 7.53. The summed E-state index contributed by atoms with van der Waals surface area (Å²) in [6.45, 7) is 6.93. The van der Waals surface area contributed by atoms with Crippen molar-refractivity contribution in [3.8, 4) is 11.5 Å². The van der Waals surface area contributed by atoms with Gasteiger partial charge in [0.1, 0.15) is 11.5 Å². The van der Waals surface area contributed by atoms with E-state index in [0.717, 1.165) is 44.1 Å². The van der Waals surface area contributed by atoms with Crippen LogP contribution in [0, 0.1) is 0 Å². The lowest BCUT2D eigenvalue weighted by Gasteiger charge is -2.14. The molecule has 1 aromatic carbocycles. The first-order valence-electron chi connectivity index (χ1n) is 11.3. The predicted molar refractivity (Wildman–Crippen MR) is 117 cm³/mol. The molecule has 1 rings (SSSR count). The van der Waals surface area contributed by atoms with Crippen LogP contribution >= 0.6 is 0 Å². The molecular formula is C24H43NO2. The van der Waals surface area contributed by atoms with E-state index in [1.165, 1.54) is 69.8 Å². The Bertz CT molecular complexity index is 462. The highest BCUT2D eigenvalue weighted by Crippen LogP contribution is 2.26. The largest absolute Gasteiger partial charge is 0.493 e. The van der Waals surface area contributed by atoms with E-state index in [0.29, 0.717) is 0 Å². The zero-order chi connectivity index (χ0) is 19.6. The molecule has 3 nitrogen and oxygen atoms in total. The Kier molecular flexibility index (Phi) is 14.9. The van der Waals surface area contributed by atoms with Crippen molar-refractivity contribution in [3.63, 3.8) is 0 Å². The Morgan fingerprint density at radius 1 is 0.704 bits per heavy atom. The fourth-order valence-electron chi connectivity index (χ4n) is 3.23. The molecule has 0 heterocycles. The van der Waals surface area contributed by atoms with Crippen molar-refractivity contribution >= 4 is 0 Å². The standard InChI is InChI=1S/C24H43NO2/c1-4-6-8-10-12-14-18-26-23-17-16-22(21-25-3)24(20-23)27-19-15-13-11-9-7-5-2/h16-17,20,25H,4-15,18-19,21H2,1-3H3. The van der Waals surface area contributed by atoms with Crippen molar-refractivity contribution in [1.29, 1.82) is 0 Å². The van der Waals surface area contributed by atoms with E-state index in [-0.39, 0.29) is 0 Å². The molecule has 0 amide bonds. The number of hydrogen-bond acceptors (Lipinski definition) is 3. The molecule has 0 spiro atoms. The molecular weight excluding hydrogens is 334 g/mol. The highest BCUT2D eigenvalue weighted by molar-refractivity contribution is 5.40. The zero-order valence-corrected chi connectivity index (χ0v) is 18.2. The molecule has 0 aliphatic rings. The Hall–Kier alpha value is -1.22. The minimum absolute atomic E-state index is 0.795. The van der Waals surface area contributed by atoms with Crippen molar-refractivity contribution in [2.24, 2.45) is 0 Å². The summed E-state index contributed by atoms with van der Waals surface area (Å²) in [5, 5.41) is 3.22. The highest BCUT2D eigenvalue weighted by Gasteiger charge is 2.06. The molecule has 156 valence electrons. The van der Waals surface area contributed by atoms with Crippen molar-refractivity contribution < 1.29 is 9.47 Å². The molecule has 0 aliphatic heterocycles. The highest BCUT2D eigenvalue weighted by atomic mass is 16.5. The first-order valence-corrected chi connectivity index (χ1v) is 11.3. The summed E-state index contributed by atoms with van der Waals surface area (Å²) in [7, 11) is 1.97. The van der Waals surface area contributed by atoms with Crippen LogP contribution in [0.1, 0.15) is 96.5 Å². The molecule has 27 heavy (non-hydrogen) atoms. The van der Waals surface area contributed by atoms with E-state index >= 15 is 0 Å². The maximum absolute atomic E-state index is 6.09. The fraction of sp³-hybridized carbons (Fsp3) is 0.750. The number of hydrogen-bond donors (Lipinski definition) is 1. The fourth-order valence-corrected chi connectivity index (χ4v) is 3.23. The van der Waals surface area contributed by atoms with Crippen molar-refractivity contribution in [2.45, 2.75) is 97.4 Å². The lowest BCUT2D eigenvalue weighted by atomic mass is 10.1. The van der Waals surface area contributed by atoms with Gasteiger partial charge in [-0.3, -0.25) is 0 Å². The Balaban J connectivity index is 2.34. The smallest absolute Gasteiger partial charge is 0.127 e. The Morgan fingerprint density at radius 2 is 1.26 bits per heavy atom. The molecule has 0 saturated carbocycles. The Morgan fingerprint density at radius 3 is 1.85 bits per heavy atom. The summed E-state index contributed by atoms with van der Waals surface area (Å²) in [5.74, 6) is 1.90. The lowest BCUT2D eigenvalue weighted by molar-refractivity contribution is 0.287. The zero-order valence-electron chi connectivity index (χ0n) is 18.2. The molecule has 3 heteroatoms. The van der Waals surface area contributed by atoms with Gasteiger partial charge in [-0.05, 0) is 26.0 Å². The van der Waals surface area contributed by atoms with Gasteiger partial charge in [0, 0.05) is 18.2 Å². The maximum atomic E-state index is 6.09. The summed E-state index contributed by atoms with van der Waals surface area (Å²) in [4.78, 5) is 0. The SMILES string of the molecule is CCCCCCCCOc1ccc(CNC)c(OCCCCCCCC)c1. The van der Waals surface area contributed by atoms with E-state index in [1.807, 2.05) is 7.05 Å². The van der Waals surface area contributed by atoms with E-state index in [1.54, 1.807) is 0 Å². The van der Waals surface area contributed by atoms with E-state index in [4.69, 9.17) is 9.47 Å². The van der Waals surface area contributed by atoms with Crippen LogP contribution in [-0.2, 0) is 6.54 Å². The number of ether oxygens (including phenoxy) is 2. The summed E-state index contributed by atoms with van der Waals surface area (Å²) in [6.07, 6.45) is 15.4. The van der Waals surface area contributed by atoms with Crippen molar-refractivity contribution in [1.82, 2.24) is 5.32 Å². The average molecular weight is 378 g/mol. The van der Waals surface area contributed by atoms with Crippen LogP contribution in [0.5, 0.6) is 11.5 Å². The van der Waals surface area contributed by atoms with Crippen LogP contribution in [0.2, 0.25) is 0 Å². The minimum atomic E-state index is 0.795. The summed E-state index contributed by atoms with van der Waals surface area (Å²) in [6, 6.07) is 6.27. The van der Waals surface area contributed by atoms with Gasteiger partial charge in [-0.1, -0.05) is 84.1 Å². The number of unbranched alkanes of at least 4 members (excludes halogenated alkanes) is 10. The molecule has 0 saturated heterocycles. The molecule has 0 aromatic heterocycles. The molecule has 0 fully saturated rings. The first kappa shape index (κ1) is 23.8. The second kappa shape index (κ2) is 16.9. The van der Waals surface area contributed by atoms with Gasteiger partial charge in [-0.25, -0.2) is 0 Å². The number of nitrogens with one attached hydrogen (secondary N) is 1. The summed E-state index contributed by atoms with van der Waals surface area (Å²) in [5.41, 5.74) is 1.20. The van der Waals surface area contributed by atoms with Gasteiger partial charge >= 0.3 is 0 Å². The van der Waals surface area contributed by atoms with Crippen LogP contribution in [0.4, 0.5) is 0 Å². The third-order valence-electron chi connectivity index (χ3n) is 4.93. The normalized spacial score (nSPS) is 10.9. The Labute approximate surface area is 168 Å². The van der Waals surface area contributed by atoms with Gasteiger partial charge in [-0.15, -0.1) is 0 Å². The maximum Gasteiger partial charge on any atom is 0.127 e. The van der Waals surface area contributed by atoms with Gasteiger partial charge in [0.2, 0.25) is 0 Å². The van der Waals surface area contributed by atoms with Crippen LogP contribution in [0.15, 0.2) is 18.2 Å². The van der Waals surface area contributed by atoms with Gasteiger partial charge < -0.3 is 14.8 Å².